The lowest BCUT2D eigenvalue weighted by Crippen LogP contribution is -2.33. The van der Waals surface area contributed by atoms with Gasteiger partial charge in [-0.1, -0.05) is 26.2 Å². The fraction of sp³-hybridized carbons (Fsp3) is 0.500. The molecule has 2 N–H and O–H groups in total. The number of hydrogen-bond donors (Lipinski definition) is 2. The monoisotopic (exact) mass is 296 g/mol. The molecule has 116 valence electrons. The zero-order valence-electron chi connectivity index (χ0n) is 12.0. The summed E-state index contributed by atoms with van der Waals surface area (Å²) in [5.74, 6) is -1.01. The van der Waals surface area contributed by atoms with Crippen molar-refractivity contribution in [3.63, 3.8) is 0 Å². The molecule has 0 bridgehead atoms. The smallest absolute Gasteiger partial charge is 0.414 e. The van der Waals surface area contributed by atoms with Crippen molar-refractivity contribution >= 4 is 12.1 Å². The van der Waals surface area contributed by atoms with Gasteiger partial charge in [-0.2, -0.15) is 0 Å². The Bertz CT molecular complexity index is 464. The number of hydrogen-bond acceptors (Lipinski definition) is 6. The lowest BCUT2D eigenvalue weighted by Gasteiger charge is -2.07. The van der Waals surface area contributed by atoms with E-state index in [1.807, 2.05) is 0 Å². The van der Waals surface area contributed by atoms with Crippen LogP contribution >= 0.6 is 0 Å². The van der Waals surface area contributed by atoms with E-state index in [1.54, 1.807) is 0 Å². The van der Waals surface area contributed by atoms with Gasteiger partial charge in [0.05, 0.1) is 6.61 Å². The van der Waals surface area contributed by atoms with E-state index in [2.05, 4.69) is 17.2 Å². The maximum atomic E-state index is 11.4. The number of ether oxygens (including phenoxy) is 2. The van der Waals surface area contributed by atoms with Gasteiger partial charge < -0.3 is 19.9 Å². The molecular formula is C14H20N2O5. The molecule has 0 aliphatic carbocycles. The normalized spacial score (nSPS) is 9.95. The first kappa shape index (κ1) is 16.7. The van der Waals surface area contributed by atoms with Crippen LogP contribution in [0.3, 0.4) is 0 Å². The third-order valence-electron chi connectivity index (χ3n) is 2.58. The molecule has 0 aromatic carbocycles. The molecule has 0 atom stereocenters. The highest BCUT2D eigenvalue weighted by molar-refractivity contribution is 5.78. The van der Waals surface area contributed by atoms with E-state index in [0.717, 1.165) is 25.7 Å². The topological polar surface area (TPSA) is 97.8 Å². The van der Waals surface area contributed by atoms with Crippen LogP contribution in [0.15, 0.2) is 18.3 Å². The second-order valence-corrected chi connectivity index (χ2v) is 4.35. The maximum absolute atomic E-state index is 11.4. The quantitative estimate of drug-likeness (QED) is 0.562. The molecule has 0 spiro atoms. The van der Waals surface area contributed by atoms with Crippen LogP contribution in [0.2, 0.25) is 0 Å². The fourth-order valence-electron chi connectivity index (χ4n) is 1.50. The molecule has 1 amide bonds. The van der Waals surface area contributed by atoms with Crippen molar-refractivity contribution in [2.24, 2.45) is 0 Å². The van der Waals surface area contributed by atoms with Crippen LogP contribution in [0.4, 0.5) is 4.79 Å². The van der Waals surface area contributed by atoms with Crippen LogP contribution in [-0.2, 0) is 9.53 Å². The van der Waals surface area contributed by atoms with Crippen molar-refractivity contribution in [2.75, 3.05) is 13.2 Å². The van der Waals surface area contributed by atoms with Crippen molar-refractivity contribution in [3.05, 3.63) is 18.3 Å². The van der Waals surface area contributed by atoms with Gasteiger partial charge in [-0.15, -0.1) is 0 Å². The molecule has 1 rings (SSSR count). The summed E-state index contributed by atoms with van der Waals surface area (Å²) in [6.45, 7) is 2.15. The zero-order chi connectivity index (χ0) is 15.5. The van der Waals surface area contributed by atoms with Crippen LogP contribution in [0.5, 0.6) is 11.6 Å². The summed E-state index contributed by atoms with van der Waals surface area (Å²) in [5.41, 5.74) is 0. The van der Waals surface area contributed by atoms with Crippen molar-refractivity contribution in [3.8, 4) is 11.6 Å². The van der Waals surface area contributed by atoms with Crippen molar-refractivity contribution in [1.29, 1.82) is 0 Å². The molecule has 0 saturated carbocycles. The number of unbranched alkanes of at least 4 members (excludes halogenated alkanes) is 3. The van der Waals surface area contributed by atoms with E-state index in [1.165, 1.54) is 18.3 Å². The summed E-state index contributed by atoms with van der Waals surface area (Å²) in [6.07, 6.45) is 4.53. The molecule has 7 nitrogen and oxygen atoms in total. The molecule has 0 radical (unpaired) electrons. The summed E-state index contributed by atoms with van der Waals surface area (Å²) in [4.78, 5) is 26.4. The van der Waals surface area contributed by atoms with E-state index in [0.29, 0.717) is 6.61 Å². The average molecular weight is 296 g/mol. The summed E-state index contributed by atoms with van der Waals surface area (Å²) in [5, 5.41) is 11.6. The van der Waals surface area contributed by atoms with Gasteiger partial charge in [0, 0.05) is 6.20 Å². The minimum atomic E-state index is -0.882. The van der Waals surface area contributed by atoms with Gasteiger partial charge in [0.1, 0.15) is 6.54 Å². The summed E-state index contributed by atoms with van der Waals surface area (Å²) in [6, 6.07) is 2.83. The summed E-state index contributed by atoms with van der Waals surface area (Å²) < 4.78 is 9.67. The third-order valence-corrected chi connectivity index (χ3v) is 2.58. The van der Waals surface area contributed by atoms with Gasteiger partial charge in [-0.3, -0.25) is 4.79 Å². The summed E-state index contributed by atoms with van der Waals surface area (Å²) >= 11 is 0. The standard InChI is InChI=1S/C14H20N2O5/c1-2-3-4-5-9-20-12(18)10-16-14(19)21-13-11(17)7-6-8-15-13/h6-8,17H,2-5,9-10H2,1H3,(H,16,19). The molecule has 0 saturated heterocycles. The highest BCUT2D eigenvalue weighted by Crippen LogP contribution is 2.20. The van der Waals surface area contributed by atoms with Crippen LogP contribution in [0, 0.1) is 0 Å². The number of carbonyl (C=O) groups is 2. The van der Waals surface area contributed by atoms with E-state index in [-0.39, 0.29) is 18.2 Å². The van der Waals surface area contributed by atoms with E-state index in [9.17, 15) is 14.7 Å². The number of rotatable bonds is 8. The van der Waals surface area contributed by atoms with Crippen LogP contribution in [0.25, 0.3) is 0 Å². The predicted molar refractivity (Wildman–Crippen MR) is 75.0 cm³/mol. The SMILES string of the molecule is CCCCCCOC(=O)CNC(=O)Oc1ncccc1O. The number of aromatic nitrogens is 1. The summed E-state index contributed by atoms with van der Waals surface area (Å²) in [7, 11) is 0. The van der Waals surface area contributed by atoms with Gasteiger partial charge in [0.15, 0.2) is 5.75 Å². The minimum absolute atomic E-state index is 0.220. The van der Waals surface area contributed by atoms with E-state index < -0.39 is 12.1 Å². The number of pyridine rings is 1. The Balaban J connectivity index is 2.18. The lowest BCUT2D eigenvalue weighted by atomic mass is 10.2. The van der Waals surface area contributed by atoms with Gasteiger partial charge in [0.25, 0.3) is 5.88 Å². The van der Waals surface area contributed by atoms with Crippen LogP contribution in [0.1, 0.15) is 32.6 Å². The highest BCUT2D eigenvalue weighted by atomic mass is 16.6. The molecule has 1 aromatic rings. The van der Waals surface area contributed by atoms with E-state index >= 15 is 0 Å². The lowest BCUT2D eigenvalue weighted by molar-refractivity contribution is -0.142. The van der Waals surface area contributed by atoms with Gasteiger partial charge in [-0.25, -0.2) is 9.78 Å². The Labute approximate surface area is 123 Å². The fourth-order valence-corrected chi connectivity index (χ4v) is 1.50. The van der Waals surface area contributed by atoms with Gasteiger partial charge >= 0.3 is 12.1 Å². The maximum Gasteiger partial charge on any atom is 0.414 e. The van der Waals surface area contributed by atoms with Crippen molar-refractivity contribution < 1.29 is 24.2 Å². The molecule has 1 heterocycles. The predicted octanol–water partition coefficient (Wildman–Crippen LogP) is 2.00. The number of carbonyl (C=O) groups excluding carboxylic acids is 2. The number of esters is 1. The molecular weight excluding hydrogens is 276 g/mol. The number of aromatic hydroxyl groups is 1. The number of nitrogens with one attached hydrogen (secondary N) is 1. The largest absolute Gasteiger partial charge is 0.503 e. The van der Waals surface area contributed by atoms with Gasteiger partial charge in [-0.05, 0) is 18.6 Å². The second-order valence-electron chi connectivity index (χ2n) is 4.35. The van der Waals surface area contributed by atoms with Gasteiger partial charge in [0.2, 0.25) is 0 Å². The minimum Gasteiger partial charge on any atom is -0.503 e. The van der Waals surface area contributed by atoms with E-state index in [4.69, 9.17) is 9.47 Å². The van der Waals surface area contributed by atoms with Crippen LogP contribution in [-0.4, -0.2) is 35.3 Å². The number of amides is 1. The Morgan fingerprint density at radius 1 is 1.33 bits per heavy atom. The third kappa shape index (κ3) is 7.14. The Kier molecular flexibility index (Phi) is 7.63. The number of nitrogens with zero attached hydrogens (tertiary/aromatic N) is 1. The highest BCUT2D eigenvalue weighted by Gasteiger charge is 2.11. The molecule has 0 fully saturated rings. The first-order valence-corrected chi connectivity index (χ1v) is 6.88. The first-order valence-electron chi connectivity index (χ1n) is 6.88. The Hall–Kier alpha value is -2.31. The average Bonchev–Trinajstić information content (AvgIpc) is 2.47. The zero-order valence-corrected chi connectivity index (χ0v) is 12.0. The van der Waals surface area contributed by atoms with Crippen molar-refractivity contribution in [1.82, 2.24) is 10.3 Å². The van der Waals surface area contributed by atoms with Crippen LogP contribution < -0.4 is 10.1 Å². The Morgan fingerprint density at radius 3 is 2.86 bits per heavy atom. The molecule has 7 heteroatoms. The molecule has 1 aromatic heterocycles. The molecule has 0 aliphatic heterocycles. The molecule has 0 unspecified atom stereocenters. The van der Waals surface area contributed by atoms with Crippen molar-refractivity contribution in [2.45, 2.75) is 32.6 Å². The first-order chi connectivity index (χ1) is 10.1. The Morgan fingerprint density at radius 2 is 2.14 bits per heavy atom. The molecule has 21 heavy (non-hydrogen) atoms. The second kappa shape index (κ2) is 9.57. The molecule has 0 aliphatic rings.